The number of anilines is 3. The van der Waals surface area contributed by atoms with Crippen molar-refractivity contribution in [3.63, 3.8) is 0 Å². The number of amides is 1. The van der Waals surface area contributed by atoms with Gasteiger partial charge in [-0.25, -0.2) is 9.97 Å². The summed E-state index contributed by atoms with van der Waals surface area (Å²) in [4.78, 5) is 31.0. The lowest BCUT2D eigenvalue weighted by molar-refractivity contribution is 0.0891. The van der Waals surface area contributed by atoms with E-state index in [4.69, 9.17) is 4.98 Å². The topological polar surface area (TPSA) is 91.2 Å². The minimum atomic E-state index is -0.0168. The predicted octanol–water partition coefficient (Wildman–Crippen LogP) is 2.16. The van der Waals surface area contributed by atoms with Gasteiger partial charge in [0, 0.05) is 37.8 Å². The number of likely N-dealkylation sites (N-methyl/N-ethyl adjacent to an activating group) is 1. The fraction of sp³-hybridized carbons (Fsp3) is 0.455. The van der Waals surface area contributed by atoms with Crippen molar-refractivity contribution < 1.29 is 4.79 Å². The van der Waals surface area contributed by atoms with Crippen LogP contribution in [0.15, 0.2) is 30.6 Å². The van der Waals surface area contributed by atoms with Crippen LogP contribution in [0.5, 0.6) is 0 Å². The van der Waals surface area contributed by atoms with Crippen LogP contribution in [0.25, 0.3) is 11.0 Å². The molecule has 1 unspecified atom stereocenters. The number of hydrogen-bond donors (Lipinski definition) is 2. The molecular formula is C22H26N8O. The number of hydrogen-bond acceptors (Lipinski definition) is 7. The minimum absolute atomic E-state index is 0.0168. The summed E-state index contributed by atoms with van der Waals surface area (Å²) in [6.07, 6.45) is 6.89. The Kier molecular flexibility index (Phi) is 4.31. The Morgan fingerprint density at radius 2 is 1.97 bits per heavy atom. The largest absolute Gasteiger partial charge is 0.368 e. The number of fused-ring (bicyclic) bond motifs is 5. The Labute approximate surface area is 180 Å². The van der Waals surface area contributed by atoms with E-state index in [1.807, 2.05) is 18.3 Å². The van der Waals surface area contributed by atoms with Crippen LogP contribution in [-0.4, -0.2) is 69.6 Å². The van der Waals surface area contributed by atoms with E-state index in [0.29, 0.717) is 17.5 Å². The molecule has 0 aromatic carbocycles. The van der Waals surface area contributed by atoms with Crippen LogP contribution in [0.1, 0.15) is 35.8 Å². The molecule has 0 radical (unpaired) electrons. The number of carbonyl (C=O) groups excluding carboxylic acids is 1. The highest BCUT2D eigenvalue weighted by Crippen LogP contribution is 2.37. The van der Waals surface area contributed by atoms with Gasteiger partial charge in [0.25, 0.3) is 5.91 Å². The first kappa shape index (κ1) is 18.6. The Hall–Kier alpha value is -3.20. The van der Waals surface area contributed by atoms with E-state index in [0.717, 1.165) is 62.2 Å². The molecule has 1 amide bonds. The van der Waals surface area contributed by atoms with Gasteiger partial charge in [-0.15, -0.1) is 0 Å². The highest BCUT2D eigenvalue weighted by Gasteiger charge is 2.38. The summed E-state index contributed by atoms with van der Waals surface area (Å²) >= 11 is 0. The standard InChI is InChI=1S/C22H26N8O/c1-28-7-9-29(10-8-28)15-5-6-19(23-13-15)26-22-24-12-14-11-18-21(31)25-16-3-2-4-17(16)30(18)20(14)27-22/h5-6,11-13,16-17H,2-4,7-10H2,1H3,(H,25,31)(H,23,24,26,27)/t16?,17-/m0/s1. The average molecular weight is 419 g/mol. The van der Waals surface area contributed by atoms with Gasteiger partial charge in [0.05, 0.1) is 24.0 Å². The molecule has 2 atom stereocenters. The number of nitrogens with zero attached hydrogens (tertiary/aromatic N) is 6. The molecule has 0 bridgehead atoms. The van der Waals surface area contributed by atoms with Crippen molar-refractivity contribution in [1.82, 2.24) is 29.7 Å². The quantitative estimate of drug-likeness (QED) is 0.673. The monoisotopic (exact) mass is 418 g/mol. The number of rotatable bonds is 3. The van der Waals surface area contributed by atoms with Crippen LogP contribution >= 0.6 is 0 Å². The first-order valence-electron chi connectivity index (χ1n) is 11.0. The maximum absolute atomic E-state index is 12.5. The Morgan fingerprint density at radius 3 is 2.77 bits per heavy atom. The summed E-state index contributed by atoms with van der Waals surface area (Å²) in [5, 5.41) is 7.26. The van der Waals surface area contributed by atoms with E-state index < -0.39 is 0 Å². The molecule has 5 heterocycles. The molecule has 2 aliphatic heterocycles. The normalized spacial score (nSPS) is 23.5. The Bertz CT molecular complexity index is 1130. The molecule has 3 aliphatic rings. The molecule has 3 aromatic heterocycles. The lowest BCUT2D eigenvalue weighted by Crippen LogP contribution is -2.44. The first-order valence-corrected chi connectivity index (χ1v) is 11.0. The third-order valence-corrected chi connectivity index (χ3v) is 6.79. The Morgan fingerprint density at radius 1 is 1.10 bits per heavy atom. The van der Waals surface area contributed by atoms with Gasteiger partial charge >= 0.3 is 0 Å². The van der Waals surface area contributed by atoms with E-state index in [1.54, 1.807) is 6.20 Å². The summed E-state index contributed by atoms with van der Waals surface area (Å²) in [5.41, 5.74) is 2.63. The van der Waals surface area contributed by atoms with Gasteiger partial charge in [0.2, 0.25) is 5.95 Å². The van der Waals surface area contributed by atoms with Crippen molar-refractivity contribution in [3.05, 3.63) is 36.3 Å². The van der Waals surface area contributed by atoms with Crippen LogP contribution in [0, 0.1) is 0 Å². The zero-order valence-corrected chi connectivity index (χ0v) is 17.6. The van der Waals surface area contributed by atoms with E-state index >= 15 is 0 Å². The van der Waals surface area contributed by atoms with Gasteiger partial charge in [-0.2, -0.15) is 4.98 Å². The third-order valence-electron chi connectivity index (χ3n) is 6.79. The maximum atomic E-state index is 12.5. The maximum Gasteiger partial charge on any atom is 0.268 e. The molecule has 9 heteroatoms. The highest BCUT2D eigenvalue weighted by atomic mass is 16.2. The highest BCUT2D eigenvalue weighted by molar-refractivity contribution is 5.99. The van der Waals surface area contributed by atoms with Crippen LogP contribution < -0.4 is 15.5 Å². The van der Waals surface area contributed by atoms with Crippen LogP contribution in [0.2, 0.25) is 0 Å². The molecule has 160 valence electrons. The second-order valence-corrected chi connectivity index (χ2v) is 8.77. The molecule has 1 saturated carbocycles. The zero-order chi connectivity index (χ0) is 20.9. The molecule has 2 N–H and O–H groups in total. The third kappa shape index (κ3) is 3.20. The van der Waals surface area contributed by atoms with E-state index in [9.17, 15) is 4.79 Å². The van der Waals surface area contributed by atoms with Crippen LogP contribution in [-0.2, 0) is 0 Å². The van der Waals surface area contributed by atoms with Gasteiger partial charge in [0.1, 0.15) is 17.2 Å². The SMILES string of the molecule is CN1CCN(c2ccc(Nc3ncc4cc5n(c4n3)[C@H]3CCCC3NC5=O)nc2)CC1. The van der Waals surface area contributed by atoms with Crippen LogP contribution in [0.4, 0.5) is 17.5 Å². The molecule has 0 spiro atoms. The van der Waals surface area contributed by atoms with Crippen molar-refractivity contribution in [3.8, 4) is 0 Å². The number of aromatic nitrogens is 4. The van der Waals surface area contributed by atoms with Gasteiger partial charge in [-0.05, 0) is 44.5 Å². The number of nitrogens with one attached hydrogen (secondary N) is 2. The van der Waals surface area contributed by atoms with Crippen molar-refractivity contribution in [2.24, 2.45) is 0 Å². The van der Waals surface area contributed by atoms with Gasteiger partial charge < -0.3 is 25.0 Å². The molecule has 6 rings (SSSR count). The van der Waals surface area contributed by atoms with Crippen molar-refractivity contribution in [2.75, 3.05) is 43.4 Å². The number of pyridine rings is 1. The van der Waals surface area contributed by atoms with Crippen molar-refractivity contribution in [2.45, 2.75) is 31.3 Å². The fourth-order valence-electron chi connectivity index (χ4n) is 5.07. The van der Waals surface area contributed by atoms with Crippen LogP contribution in [0.3, 0.4) is 0 Å². The Balaban J connectivity index is 1.26. The van der Waals surface area contributed by atoms with E-state index in [1.165, 1.54) is 0 Å². The number of carbonyl (C=O) groups is 1. The molecule has 9 nitrogen and oxygen atoms in total. The van der Waals surface area contributed by atoms with E-state index in [-0.39, 0.29) is 18.0 Å². The summed E-state index contributed by atoms with van der Waals surface area (Å²) in [5.74, 6) is 1.18. The summed E-state index contributed by atoms with van der Waals surface area (Å²) < 4.78 is 2.11. The molecule has 31 heavy (non-hydrogen) atoms. The van der Waals surface area contributed by atoms with Crippen molar-refractivity contribution in [1.29, 1.82) is 0 Å². The van der Waals surface area contributed by atoms with Gasteiger partial charge in [-0.3, -0.25) is 4.79 Å². The first-order chi connectivity index (χ1) is 15.2. The molecular weight excluding hydrogens is 392 g/mol. The average Bonchev–Trinajstić information content (AvgIpc) is 3.39. The van der Waals surface area contributed by atoms with E-state index in [2.05, 4.69) is 48.1 Å². The zero-order valence-electron chi connectivity index (χ0n) is 17.6. The second kappa shape index (κ2) is 7.19. The molecule has 3 aromatic rings. The predicted molar refractivity (Wildman–Crippen MR) is 119 cm³/mol. The smallest absolute Gasteiger partial charge is 0.268 e. The summed E-state index contributed by atoms with van der Waals surface area (Å²) in [6, 6.07) is 6.42. The second-order valence-electron chi connectivity index (χ2n) is 8.77. The lowest BCUT2D eigenvalue weighted by atomic mass is 10.1. The summed E-state index contributed by atoms with van der Waals surface area (Å²) in [7, 11) is 2.15. The summed E-state index contributed by atoms with van der Waals surface area (Å²) in [6.45, 7) is 4.16. The molecule has 2 fully saturated rings. The van der Waals surface area contributed by atoms with Crippen molar-refractivity contribution >= 4 is 34.4 Å². The van der Waals surface area contributed by atoms with Gasteiger partial charge in [0.15, 0.2) is 0 Å². The minimum Gasteiger partial charge on any atom is -0.368 e. The molecule has 1 aliphatic carbocycles. The van der Waals surface area contributed by atoms with Gasteiger partial charge in [-0.1, -0.05) is 0 Å². The number of piperazine rings is 1. The fourth-order valence-corrected chi connectivity index (χ4v) is 5.07. The lowest BCUT2D eigenvalue weighted by Gasteiger charge is -2.33. The molecule has 1 saturated heterocycles.